The number of hydrogen-bond acceptors (Lipinski definition) is 3. The normalized spacial score (nSPS) is 14.0. The first-order valence-electron chi connectivity index (χ1n) is 21.0. The van der Waals surface area contributed by atoms with Crippen LogP contribution in [0.25, 0.3) is 0 Å². The van der Waals surface area contributed by atoms with Gasteiger partial charge in [-0.1, -0.05) is 182 Å². The summed E-state index contributed by atoms with van der Waals surface area (Å²) in [6.45, 7) is 4.15. The third-order valence-electron chi connectivity index (χ3n) is 8.80. The molecule has 4 nitrogen and oxygen atoms in total. The number of hydrogen-bond donors (Lipinski definition) is 3. The Morgan fingerprint density at radius 1 is 0.490 bits per heavy atom. The van der Waals surface area contributed by atoms with Crippen LogP contribution in [0.2, 0.25) is 0 Å². The molecule has 4 heteroatoms. The van der Waals surface area contributed by atoms with Gasteiger partial charge in [0, 0.05) is 6.42 Å². The van der Waals surface area contributed by atoms with Gasteiger partial charge in [-0.25, -0.2) is 0 Å². The molecule has 0 aromatic rings. The molecule has 0 aliphatic rings. The van der Waals surface area contributed by atoms with Gasteiger partial charge in [0.25, 0.3) is 0 Å². The zero-order valence-corrected chi connectivity index (χ0v) is 33.1. The zero-order valence-electron chi connectivity index (χ0n) is 33.1. The Bertz CT molecular complexity index is 983. The summed E-state index contributed by atoms with van der Waals surface area (Å²) >= 11 is 0. The highest BCUT2D eigenvalue weighted by Crippen LogP contribution is 2.13. The number of rotatable bonds is 36. The minimum absolute atomic E-state index is 0.120. The SMILES string of the molecule is CC/C=C\C/C=C\C/C=C\C/C=C\C/C=C\C/C=C\CCCCC(=O)NC(CO)C(O)/C=C/CC/C=C/CCCCCCCCCCCCCC. The molecule has 0 rings (SSSR count). The van der Waals surface area contributed by atoms with E-state index in [4.69, 9.17) is 0 Å². The maximum absolute atomic E-state index is 12.4. The van der Waals surface area contributed by atoms with Gasteiger partial charge in [-0.05, 0) is 83.5 Å². The van der Waals surface area contributed by atoms with Gasteiger partial charge in [-0.15, -0.1) is 0 Å². The quantitative estimate of drug-likeness (QED) is 0.0449. The monoisotopic (exact) mass is 706 g/mol. The first kappa shape index (κ1) is 48.3. The van der Waals surface area contributed by atoms with Crippen molar-refractivity contribution in [2.75, 3.05) is 6.61 Å². The number of nitrogens with one attached hydrogen (secondary N) is 1. The van der Waals surface area contributed by atoms with E-state index in [-0.39, 0.29) is 12.5 Å². The van der Waals surface area contributed by atoms with E-state index in [1.165, 1.54) is 77.0 Å². The van der Waals surface area contributed by atoms with E-state index < -0.39 is 12.1 Å². The van der Waals surface area contributed by atoms with Crippen molar-refractivity contribution < 1.29 is 15.0 Å². The number of aliphatic hydroxyl groups excluding tert-OH is 2. The number of allylic oxidation sites excluding steroid dienone is 15. The molecular weight excluding hydrogens is 627 g/mol. The van der Waals surface area contributed by atoms with Crippen LogP contribution in [0, 0.1) is 0 Å². The Labute approximate surface area is 315 Å². The fourth-order valence-electron chi connectivity index (χ4n) is 5.61. The third-order valence-corrected chi connectivity index (χ3v) is 8.80. The van der Waals surface area contributed by atoms with Crippen molar-refractivity contribution in [3.05, 3.63) is 97.2 Å². The number of carbonyl (C=O) groups excluding carboxylic acids is 1. The van der Waals surface area contributed by atoms with Gasteiger partial charge in [0.05, 0.1) is 18.8 Å². The molecule has 0 fully saturated rings. The summed E-state index contributed by atoms with van der Waals surface area (Å²) in [5, 5.41) is 22.9. The minimum atomic E-state index is -0.886. The van der Waals surface area contributed by atoms with Gasteiger partial charge >= 0.3 is 0 Å². The Morgan fingerprint density at radius 2 is 0.882 bits per heavy atom. The summed E-state index contributed by atoms with van der Waals surface area (Å²) < 4.78 is 0. The highest BCUT2D eigenvalue weighted by atomic mass is 16.3. The molecule has 0 saturated carbocycles. The van der Waals surface area contributed by atoms with Gasteiger partial charge in [-0.2, -0.15) is 0 Å². The molecule has 2 atom stereocenters. The Balaban J connectivity index is 3.78. The van der Waals surface area contributed by atoms with Crippen molar-refractivity contribution in [1.82, 2.24) is 5.32 Å². The Kier molecular flexibility index (Phi) is 39.5. The molecule has 0 saturated heterocycles. The molecule has 0 aliphatic heterocycles. The van der Waals surface area contributed by atoms with Gasteiger partial charge in [0.2, 0.25) is 5.91 Å². The summed E-state index contributed by atoms with van der Waals surface area (Å²) in [7, 11) is 0. The van der Waals surface area contributed by atoms with Crippen LogP contribution in [-0.4, -0.2) is 34.9 Å². The molecule has 3 N–H and O–H groups in total. The zero-order chi connectivity index (χ0) is 37.1. The lowest BCUT2D eigenvalue weighted by Crippen LogP contribution is -2.45. The van der Waals surface area contributed by atoms with Gasteiger partial charge in [-0.3, -0.25) is 4.79 Å². The molecule has 0 radical (unpaired) electrons. The lowest BCUT2D eigenvalue weighted by atomic mass is 10.0. The van der Waals surface area contributed by atoms with Crippen molar-refractivity contribution in [3.63, 3.8) is 0 Å². The number of aliphatic hydroxyl groups is 2. The van der Waals surface area contributed by atoms with Crippen LogP contribution in [0.1, 0.15) is 174 Å². The molecule has 0 spiro atoms. The first-order valence-corrected chi connectivity index (χ1v) is 21.0. The fourth-order valence-corrected chi connectivity index (χ4v) is 5.61. The number of amides is 1. The van der Waals surface area contributed by atoms with Crippen molar-refractivity contribution in [2.45, 2.75) is 187 Å². The molecule has 0 aromatic heterocycles. The van der Waals surface area contributed by atoms with E-state index in [2.05, 4.69) is 104 Å². The Morgan fingerprint density at radius 3 is 1.37 bits per heavy atom. The second-order valence-corrected chi connectivity index (χ2v) is 13.7. The lowest BCUT2D eigenvalue weighted by Gasteiger charge is -2.19. The topological polar surface area (TPSA) is 69.6 Å². The number of carbonyl (C=O) groups is 1. The van der Waals surface area contributed by atoms with Crippen molar-refractivity contribution >= 4 is 5.91 Å². The smallest absolute Gasteiger partial charge is 0.220 e. The highest BCUT2D eigenvalue weighted by Gasteiger charge is 2.17. The van der Waals surface area contributed by atoms with Crippen molar-refractivity contribution in [1.29, 1.82) is 0 Å². The van der Waals surface area contributed by atoms with Crippen LogP contribution in [0.15, 0.2) is 97.2 Å². The number of unbranched alkanes of at least 4 members (excludes halogenated alkanes) is 15. The molecule has 51 heavy (non-hydrogen) atoms. The summed E-state index contributed by atoms with van der Waals surface area (Å²) in [5.74, 6) is -0.120. The summed E-state index contributed by atoms with van der Waals surface area (Å²) in [6.07, 6.45) is 62.2. The second-order valence-electron chi connectivity index (χ2n) is 13.7. The van der Waals surface area contributed by atoms with Gasteiger partial charge < -0.3 is 15.5 Å². The summed E-state index contributed by atoms with van der Waals surface area (Å²) in [5.41, 5.74) is 0. The van der Waals surface area contributed by atoms with E-state index >= 15 is 0 Å². The van der Waals surface area contributed by atoms with Gasteiger partial charge in [0.15, 0.2) is 0 Å². The van der Waals surface area contributed by atoms with Crippen LogP contribution in [0.3, 0.4) is 0 Å². The van der Waals surface area contributed by atoms with E-state index in [0.717, 1.165) is 77.0 Å². The van der Waals surface area contributed by atoms with E-state index in [1.807, 2.05) is 6.08 Å². The molecule has 0 aliphatic carbocycles. The van der Waals surface area contributed by atoms with Crippen LogP contribution in [0.5, 0.6) is 0 Å². The van der Waals surface area contributed by atoms with Crippen molar-refractivity contribution in [2.24, 2.45) is 0 Å². The molecule has 1 amide bonds. The molecular formula is C47H79NO3. The van der Waals surface area contributed by atoms with E-state index in [0.29, 0.717) is 6.42 Å². The first-order chi connectivity index (χ1) is 25.2. The summed E-state index contributed by atoms with van der Waals surface area (Å²) in [6, 6.07) is -0.668. The standard InChI is InChI=1S/C47H79NO3/c1-3-5-7-9-11-13-15-17-19-21-23-24-25-27-29-31-33-35-37-39-41-43-47(51)48-45(44-49)46(50)42-40-38-36-34-32-30-28-26-22-20-18-16-14-12-10-8-6-4-2/h5,7,11,13,17,19,23-24,27,29,32-35,40,42,45-46,49-50H,3-4,6,8-10,12,14-16,18,20-22,25-26,28,30-31,36-39,41,43-44H2,1-2H3,(H,48,51)/b7-5-,13-11-,19-17-,24-23-,29-27-,34-32+,35-33-,42-40+. The van der Waals surface area contributed by atoms with Gasteiger partial charge in [0.1, 0.15) is 0 Å². The average Bonchev–Trinajstić information content (AvgIpc) is 3.13. The maximum Gasteiger partial charge on any atom is 0.220 e. The lowest BCUT2D eigenvalue weighted by molar-refractivity contribution is -0.123. The molecule has 0 aromatic carbocycles. The van der Waals surface area contributed by atoms with Crippen LogP contribution < -0.4 is 5.32 Å². The van der Waals surface area contributed by atoms with E-state index in [1.54, 1.807) is 6.08 Å². The third kappa shape index (κ3) is 38.4. The van der Waals surface area contributed by atoms with Crippen LogP contribution in [0.4, 0.5) is 0 Å². The predicted octanol–water partition coefficient (Wildman–Crippen LogP) is 13.1. The second kappa shape index (κ2) is 41.7. The molecule has 2 unspecified atom stereocenters. The molecule has 0 heterocycles. The van der Waals surface area contributed by atoms with Crippen molar-refractivity contribution in [3.8, 4) is 0 Å². The predicted molar refractivity (Wildman–Crippen MR) is 225 cm³/mol. The maximum atomic E-state index is 12.4. The average molecular weight is 706 g/mol. The molecule has 0 bridgehead atoms. The largest absolute Gasteiger partial charge is 0.394 e. The van der Waals surface area contributed by atoms with Crippen LogP contribution >= 0.6 is 0 Å². The highest BCUT2D eigenvalue weighted by molar-refractivity contribution is 5.76. The Hall–Kier alpha value is -2.69. The van der Waals surface area contributed by atoms with Crippen LogP contribution in [-0.2, 0) is 4.79 Å². The minimum Gasteiger partial charge on any atom is -0.394 e. The molecule has 290 valence electrons. The summed E-state index contributed by atoms with van der Waals surface area (Å²) in [4.78, 5) is 12.4. The fraction of sp³-hybridized carbons (Fsp3) is 0.638. The van der Waals surface area contributed by atoms with E-state index in [9.17, 15) is 15.0 Å².